The number of aromatic hydroxyl groups is 1. The largest absolute Gasteiger partial charge is 0.508 e. The third-order valence-electron chi connectivity index (χ3n) is 2.28. The maximum atomic E-state index is 11.8. The fourth-order valence-corrected chi connectivity index (χ4v) is 1.74. The van der Waals surface area contributed by atoms with E-state index in [1.165, 1.54) is 18.2 Å². The van der Waals surface area contributed by atoms with Crippen molar-refractivity contribution in [1.82, 2.24) is 0 Å². The molecule has 0 saturated heterocycles. The van der Waals surface area contributed by atoms with Gasteiger partial charge in [0.2, 0.25) is 0 Å². The predicted octanol–water partition coefficient (Wildman–Crippen LogP) is 2.70. The van der Waals surface area contributed by atoms with Gasteiger partial charge in [-0.05, 0) is 46.3 Å². The maximum Gasteiger partial charge on any atom is 0.337 e. The van der Waals surface area contributed by atoms with Crippen LogP contribution in [0.3, 0.4) is 0 Å². The molecule has 1 aromatic heterocycles. The van der Waals surface area contributed by atoms with Gasteiger partial charge >= 0.3 is 5.97 Å². The third-order valence-corrected chi connectivity index (χ3v) is 2.70. The minimum atomic E-state index is -1.26. The average molecular weight is 326 g/mol. The summed E-state index contributed by atoms with van der Waals surface area (Å²) in [6, 6.07) is 6.62. The number of rotatable bonds is 3. The van der Waals surface area contributed by atoms with Gasteiger partial charge in [0, 0.05) is 0 Å². The van der Waals surface area contributed by atoms with E-state index in [4.69, 9.17) is 9.52 Å². The first-order valence-electron chi connectivity index (χ1n) is 5.10. The van der Waals surface area contributed by atoms with Gasteiger partial charge < -0.3 is 19.9 Å². The van der Waals surface area contributed by atoms with Gasteiger partial charge in [-0.15, -0.1) is 0 Å². The molecular weight excluding hydrogens is 318 g/mol. The SMILES string of the molecule is O=C(Nc1ccc(O)cc1C(=O)O)c1ccc(Br)o1. The molecule has 0 spiro atoms. The number of halogens is 1. The van der Waals surface area contributed by atoms with Crippen LogP contribution < -0.4 is 5.32 Å². The van der Waals surface area contributed by atoms with E-state index < -0.39 is 11.9 Å². The molecule has 0 aliphatic rings. The highest BCUT2D eigenvalue weighted by Crippen LogP contribution is 2.22. The Hall–Kier alpha value is -2.28. The van der Waals surface area contributed by atoms with Crippen molar-refractivity contribution >= 4 is 33.5 Å². The van der Waals surface area contributed by atoms with Crippen molar-refractivity contribution < 1.29 is 24.2 Å². The van der Waals surface area contributed by atoms with Gasteiger partial charge in [-0.2, -0.15) is 0 Å². The van der Waals surface area contributed by atoms with E-state index in [-0.39, 0.29) is 22.8 Å². The number of nitrogens with one attached hydrogen (secondary N) is 1. The second kappa shape index (κ2) is 5.15. The number of amides is 1. The zero-order valence-electron chi connectivity index (χ0n) is 9.38. The molecule has 0 radical (unpaired) electrons. The van der Waals surface area contributed by atoms with E-state index in [0.29, 0.717) is 4.67 Å². The van der Waals surface area contributed by atoms with Crippen LogP contribution in [-0.2, 0) is 0 Å². The standard InChI is InChI=1S/C12H8BrNO5/c13-10-4-3-9(19-10)11(16)14-8-2-1-6(15)5-7(8)12(17)18/h1-5,15H,(H,14,16)(H,17,18). The average Bonchev–Trinajstić information content (AvgIpc) is 2.78. The Morgan fingerprint density at radius 2 is 1.95 bits per heavy atom. The molecule has 2 rings (SSSR count). The normalized spacial score (nSPS) is 10.2. The first-order valence-corrected chi connectivity index (χ1v) is 5.89. The van der Waals surface area contributed by atoms with Crippen molar-refractivity contribution in [1.29, 1.82) is 0 Å². The van der Waals surface area contributed by atoms with Crippen LogP contribution in [0.15, 0.2) is 39.4 Å². The summed E-state index contributed by atoms with van der Waals surface area (Å²) in [4.78, 5) is 22.8. The minimum Gasteiger partial charge on any atom is -0.508 e. The first kappa shape index (κ1) is 13.2. The minimum absolute atomic E-state index is 0.0382. The lowest BCUT2D eigenvalue weighted by atomic mass is 10.1. The predicted molar refractivity (Wildman–Crippen MR) is 69.4 cm³/mol. The molecule has 0 aliphatic heterocycles. The number of carboxylic acid groups (broad SMARTS) is 1. The van der Waals surface area contributed by atoms with Crippen LogP contribution >= 0.6 is 15.9 Å². The van der Waals surface area contributed by atoms with Gasteiger partial charge in [0.25, 0.3) is 5.91 Å². The summed E-state index contributed by atoms with van der Waals surface area (Å²) in [5.74, 6) is -2.00. The number of benzene rings is 1. The van der Waals surface area contributed by atoms with Crippen LogP contribution in [0.2, 0.25) is 0 Å². The van der Waals surface area contributed by atoms with Crippen LogP contribution in [0.4, 0.5) is 5.69 Å². The molecule has 1 aromatic carbocycles. The molecule has 3 N–H and O–H groups in total. The highest BCUT2D eigenvalue weighted by Gasteiger charge is 2.16. The maximum absolute atomic E-state index is 11.8. The molecule has 0 bridgehead atoms. The van der Waals surface area contributed by atoms with Gasteiger partial charge in [0.15, 0.2) is 10.4 Å². The van der Waals surface area contributed by atoms with Crippen LogP contribution in [0.25, 0.3) is 0 Å². The Kier molecular flexibility index (Phi) is 3.57. The molecule has 1 amide bonds. The number of furan rings is 1. The molecule has 19 heavy (non-hydrogen) atoms. The quantitative estimate of drug-likeness (QED) is 0.753. The van der Waals surface area contributed by atoms with Crippen molar-refractivity contribution in [3.8, 4) is 5.75 Å². The van der Waals surface area contributed by atoms with Crippen LogP contribution in [0.1, 0.15) is 20.9 Å². The second-order valence-electron chi connectivity index (χ2n) is 3.59. The van der Waals surface area contributed by atoms with Crippen molar-refractivity contribution in [2.45, 2.75) is 0 Å². The molecule has 0 unspecified atom stereocenters. The molecule has 0 aliphatic carbocycles. The molecule has 0 saturated carbocycles. The first-order chi connectivity index (χ1) is 8.97. The number of hydrogen-bond acceptors (Lipinski definition) is 4. The number of aromatic carboxylic acids is 1. The van der Waals surface area contributed by atoms with Crippen LogP contribution in [0, 0.1) is 0 Å². The van der Waals surface area contributed by atoms with Gasteiger partial charge in [0.05, 0.1) is 11.3 Å². The van der Waals surface area contributed by atoms with Gasteiger partial charge in [-0.25, -0.2) is 4.79 Å². The lowest BCUT2D eigenvalue weighted by molar-refractivity contribution is 0.0697. The number of carbonyl (C=O) groups is 2. The zero-order valence-corrected chi connectivity index (χ0v) is 11.0. The second-order valence-corrected chi connectivity index (χ2v) is 4.37. The van der Waals surface area contributed by atoms with Gasteiger partial charge in [-0.3, -0.25) is 4.79 Å². The number of carboxylic acids is 1. The lowest BCUT2D eigenvalue weighted by Crippen LogP contribution is -2.14. The van der Waals surface area contributed by atoms with E-state index in [1.54, 1.807) is 6.07 Å². The summed E-state index contributed by atoms with van der Waals surface area (Å²) in [6.07, 6.45) is 0. The number of phenols is 1. The van der Waals surface area contributed by atoms with E-state index >= 15 is 0 Å². The Bertz CT molecular complexity index is 649. The summed E-state index contributed by atoms with van der Waals surface area (Å²) < 4.78 is 5.44. The third kappa shape index (κ3) is 2.94. The lowest BCUT2D eigenvalue weighted by Gasteiger charge is -2.07. The fraction of sp³-hybridized carbons (Fsp3) is 0. The number of anilines is 1. The summed E-state index contributed by atoms with van der Waals surface area (Å²) in [5.41, 5.74) is -0.137. The topological polar surface area (TPSA) is 99.8 Å². The molecule has 1 heterocycles. The molecule has 2 aromatic rings. The van der Waals surface area contributed by atoms with E-state index in [9.17, 15) is 14.7 Å². The van der Waals surface area contributed by atoms with Crippen LogP contribution in [0.5, 0.6) is 5.75 Å². The Morgan fingerprint density at radius 3 is 2.53 bits per heavy atom. The van der Waals surface area contributed by atoms with E-state index in [0.717, 1.165) is 6.07 Å². The summed E-state index contributed by atoms with van der Waals surface area (Å²) in [7, 11) is 0. The van der Waals surface area contributed by atoms with Crippen molar-refractivity contribution in [2.24, 2.45) is 0 Å². The monoisotopic (exact) mass is 325 g/mol. The highest BCUT2D eigenvalue weighted by atomic mass is 79.9. The van der Waals surface area contributed by atoms with E-state index in [2.05, 4.69) is 21.2 Å². The molecular formula is C12H8BrNO5. The Labute approximate surface area is 115 Å². The number of hydrogen-bond donors (Lipinski definition) is 3. The fourth-order valence-electron chi connectivity index (χ4n) is 1.44. The Morgan fingerprint density at radius 1 is 1.21 bits per heavy atom. The van der Waals surface area contributed by atoms with E-state index in [1.807, 2.05) is 0 Å². The van der Waals surface area contributed by atoms with Crippen molar-refractivity contribution in [2.75, 3.05) is 5.32 Å². The molecule has 7 heteroatoms. The van der Waals surface area contributed by atoms with Gasteiger partial charge in [0.1, 0.15) is 5.75 Å². The zero-order chi connectivity index (χ0) is 14.0. The smallest absolute Gasteiger partial charge is 0.337 e. The Balaban J connectivity index is 2.28. The number of phenolic OH excluding ortho intramolecular Hbond substituents is 1. The van der Waals surface area contributed by atoms with Gasteiger partial charge in [-0.1, -0.05) is 0 Å². The van der Waals surface area contributed by atoms with Crippen molar-refractivity contribution in [3.05, 3.63) is 46.3 Å². The summed E-state index contributed by atoms with van der Waals surface area (Å²) >= 11 is 3.06. The van der Waals surface area contributed by atoms with Crippen molar-refractivity contribution in [3.63, 3.8) is 0 Å². The summed E-state index contributed by atoms with van der Waals surface area (Å²) in [6.45, 7) is 0. The molecule has 98 valence electrons. The molecule has 0 atom stereocenters. The highest BCUT2D eigenvalue weighted by molar-refractivity contribution is 9.10. The summed E-state index contributed by atoms with van der Waals surface area (Å²) in [5, 5.41) is 20.6. The number of carbonyl (C=O) groups excluding carboxylic acids is 1. The molecule has 0 fully saturated rings. The molecule has 6 nitrogen and oxygen atoms in total. The van der Waals surface area contributed by atoms with Crippen LogP contribution in [-0.4, -0.2) is 22.1 Å².